The summed E-state index contributed by atoms with van der Waals surface area (Å²) in [6, 6.07) is 7.65. The lowest BCUT2D eigenvalue weighted by atomic mass is 9.53. The number of nitrogens with zero attached hydrogens (tertiary/aromatic N) is 1. The molecule has 0 spiro atoms. The SMILES string of the molecule is COC(=O)Cc1ccc(N2CCC3C2C2C(=O)CC3C3(O)CC(=O)OC23)cc1. The number of anilines is 1. The van der Waals surface area contributed by atoms with Crippen molar-refractivity contribution in [3.05, 3.63) is 29.8 Å². The Morgan fingerprint density at radius 3 is 2.79 bits per heavy atom. The molecule has 2 bridgehead atoms. The van der Waals surface area contributed by atoms with Crippen LogP contribution in [0.1, 0.15) is 24.8 Å². The van der Waals surface area contributed by atoms with Crippen LogP contribution >= 0.6 is 0 Å². The van der Waals surface area contributed by atoms with Crippen molar-refractivity contribution in [2.24, 2.45) is 17.8 Å². The van der Waals surface area contributed by atoms with Crippen molar-refractivity contribution in [2.45, 2.75) is 43.4 Å². The van der Waals surface area contributed by atoms with Crippen molar-refractivity contribution in [3.63, 3.8) is 0 Å². The predicted octanol–water partition coefficient (Wildman–Crippen LogP) is 0.862. The van der Waals surface area contributed by atoms with E-state index in [1.807, 2.05) is 24.3 Å². The number of fused-ring (bicyclic) bond motifs is 1. The van der Waals surface area contributed by atoms with Gasteiger partial charge in [-0.15, -0.1) is 0 Å². The lowest BCUT2D eigenvalue weighted by molar-refractivity contribution is -0.188. The van der Waals surface area contributed by atoms with Gasteiger partial charge in [-0.3, -0.25) is 14.4 Å². The Labute approximate surface area is 162 Å². The number of methoxy groups -OCH3 is 1. The third-order valence-corrected chi connectivity index (χ3v) is 7.17. The van der Waals surface area contributed by atoms with Crippen LogP contribution < -0.4 is 4.90 Å². The fourth-order valence-electron chi connectivity index (χ4n) is 6.02. The summed E-state index contributed by atoms with van der Waals surface area (Å²) >= 11 is 0. The van der Waals surface area contributed by atoms with Gasteiger partial charge in [-0.25, -0.2) is 0 Å². The lowest BCUT2D eigenvalue weighted by Crippen LogP contribution is -2.69. The van der Waals surface area contributed by atoms with Gasteiger partial charge >= 0.3 is 11.9 Å². The second-order valence-electron chi connectivity index (χ2n) is 8.44. The first kappa shape index (κ1) is 17.7. The van der Waals surface area contributed by atoms with E-state index in [1.54, 1.807) is 0 Å². The van der Waals surface area contributed by atoms with Crippen molar-refractivity contribution in [1.29, 1.82) is 0 Å². The molecule has 6 atom stereocenters. The summed E-state index contributed by atoms with van der Waals surface area (Å²) in [5.41, 5.74) is 0.651. The molecule has 6 rings (SSSR count). The van der Waals surface area contributed by atoms with Crippen LogP contribution in [-0.4, -0.2) is 54.2 Å². The number of esters is 2. The quantitative estimate of drug-likeness (QED) is 0.772. The molecule has 3 aliphatic carbocycles. The maximum atomic E-state index is 12.8. The van der Waals surface area contributed by atoms with E-state index in [9.17, 15) is 19.5 Å². The smallest absolute Gasteiger partial charge is 0.309 e. The van der Waals surface area contributed by atoms with E-state index in [2.05, 4.69) is 4.90 Å². The molecule has 148 valence electrons. The Bertz CT molecular complexity index is 851. The molecular formula is C21H23NO6. The fraction of sp³-hybridized carbons (Fsp3) is 0.571. The highest BCUT2D eigenvalue weighted by Gasteiger charge is 2.71. The van der Waals surface area contributed by atoms with Gasteiger partial charge in [0.25, 0.3) is 0 Å². The fourth-order valence-corrected chi connectivity index (χ4v) is 6.02. The van der Waals surface area contributed by atoms with Gasteiger partial charge in [-0.05, 0) is 30.0 Å². The van der Waals surface area contributed by atoms with Gasteiger partial charge in [-0.2, -0.15) is 0 Å². The van der Waals surface area contributed by atoms with Gasteiger partial charge in [0.1, 0.15) is 17.5 Å². The molecule has 7 nitrogen and oxygen atoms in total. The van der Waals surface area contributed by atoms with E-state index in [0.717, 1.165) is 24.2 Å². The second kappa shape index (κ2) is 6.04. The standard InChI is InChI=1S/C21H23NO6/c1-27-16(24)8-11-2-4-12(5-3-11)22-7-6-13-14-9-15(23)18(19(13)22)20-21(14,26)10-17(25)28-20/h2-5,13-14,18-20,26H,6-10H2,1H3. The summed E-state index contributed by atoms with van der Waals surface area (Å²) in [6.45, 7) is 0.794. The van der Waals surface area contributed by atoms with Crippen LogP contribution in [0.15, 0.2) is 24.3 Å². The third-order valence-electron chi connectivity index (χ3n) is 7.17. The summed E-state index contributed by atoms with van der Waals surface area (Å²) < 4.78 is 10.2. The summed E-state index contributed by atoms with van der Waals surface area (Å²) in [5, 5.41) is 11.2. The zero-order valence-electron chi connectivity index (χ0n) is 15.7. The van der Waals surface area contributed by atoms with Crippen molar-refractivity contribution in [3.8, 4) is 0 Å². The molecular weight excluding hydrogens is 362 g/mol. The molecule has 6 unspecified atom stereocenters. The van der Waals surface area contributed by atoms with Gasteiger partial charge in [0, 0.05) is 30.6 Å². The molecule has 0 amide bonds. The number of hydrogen-bond acceptors (Lipinski definition) is 7. The first-order valence-electron chi connectivity index (χ1n) is 9.79. The van der Waals surface area contributed by atoms with E-state index in [4.69, 9.17) is 9.47 Å². The van der Waals surface area contributed by atoms with Crippen LogP contribution in [0.3, 0.4) is 0 Å². The molecule has 28 heavy (non-hydrogen) atoms. The van der Waals surface area contributed by atoms with Crippen LogP contribution in [0.25, 0.3) is 0 Å². The zero-order chi connectivity index (χ0) is 19.6. The zero-order valence-corrected chi connectivity index (χ0v) is 15.7. The lowest BCUT2D eigenvalue weighted by Gasteiger charge is -2.55. The number of carbonyl (C=O) groups excluding carboxylic acids is 3. The van der Waals surface area contributed by atoms with Crippen molar-refractivity contribution in [2.75, 3.05) is 18.6 Å². The van der Waals surface area contributed by atoms with E-state index in [-0.39, 0.29) is 42.5 Å². The van der Waals surface area contributed by atoms with Crippen molar-refractivity contribution >= 4 is 23.4 Å². The molecule has 7 heteroatoms. The molecule has 5 aliphatic rings. The van der Waals surface area contributed by atoms with Gasteiger partial charge in [0.15, 0.2) is 0 Å². The third kappa shape index (κ3) is 2.35. The molecule has 2 saturated heterocycles. The molecule has 3 saturated carbocycles. The van der Waals surface area contributed by atoms with E-state index in [1.165, 1.54) is 7.11 Å². The maximum Gasteiger partial charge on any atom is 0.309 e. The minimum Gasteiger partial charge on any atom is -0.469 e. The van der Waals surface area contributed by atoms with Crippen LogP contribution in [0, 0.1) is 17.8 Å². The molecule has 2 heterocycles. The average molecular weight is 385 g/mol. The number of ketones is 1. The van der Waals surface area contributed by atoms with Gasteiger partial charge < -0.3 is 19.5 Å². The van der Waals surface area contributed by atoms with E-state index in [0.29, 0.717) is 6.42 Å². The van der Waals surface area contributed by atoms with Crippen LogP contribution in [0.2, 0.25) is 0 Å². The van der Waals surface area contributed by atoms with Gasteiger partial charge in [0.2, 0.25) is 0 Å². The highest BCUT2D eigenvalue weighted by Crippen LogP contribution is 2.58. The Balaban J connectivity index is 1.44. The normalized spacial score (nSPS) is 38.2. The van der Waals surface area contributed by atoms with Crippen LogP contribution in [-0.2, 0) is 30.3 Å². The number of ether oxygens (including phenoxy) is 2. The molecule has 0 radical (unpaired) electrons. The average Bonchev–Trinajstić information content (AvgIpc) is 3.24. The molecule has 2 aliphatic heterocycles. The Kier molecular flexibility index (Phi) is 3.81. The Morgan fingerprint density at radius 2 is 2.07 bits per heavy atom. The van der Waals surface area contributed by atoms with Crippen LogP contribution in [0.5, 0.6) is 0 Å². The van der Waals surface area contributed by atoms with E-state index < -0.39 is 23.6 Å². The number of Topliss-reactive ketones (excluding diaryl/α,β-unsaturated/α-hetero) is 1. The molecule has 1 aromatic rings. The number of hydrogen-bond donors (Lipinski definition) is 1. The summed E-state index contributed by atoms with van der Waals surface area (Å²) in [4.78, 5) is 38.4. The van der Waals surface area contributed by atoms with Crippen molar-refractivity contribution < 1.29 is 29.0 Å². The van der Waals surface area contributed by atoms with Gasteiger partial charge in [0.05, 0.1) is 25.9 Å². The number of benzene rings is 1. The molecule has 0 aromatic heterocycles. The minimum atomic E-state index is -1.20. The van der Waals surface area contributed by atoms with Crippen LogP contribution in [0.4, 0.5) is 5.69 Å². The first-order valence-corrected chi connectivity index (χ1v) is 9.79. The Morgan fingerprint density at radius 1 is 1.32 bits per heavy atom. The Hall–Kier alpha value is -2.41. The molecule has 1 aromatic carbocycles. The molecule has 5 fully saturated rings. The minimum absolute atomic E-state index is 0.00242. The number of rotatable bonds is 3. The molecule has 1 N–H and O–H groups in total. The maximum absolute atomic E-state index is 12.8. The van der Waals surface area contributed by atoms with E-state index >= 15 is 0 Å². The van der Waals surface area contributed by atoms with Crippen molar-refractivity contribution in [1.82, 2.24) is 0 Å². The summed E-state index contributed by atoms with van der Waals surface area (Å²) in [6.07, 6.45) is 0.703. The number of carbonyl (C=O) groups is 3. The highest BCUT2D eigenvalue weighted by atomic mass is 16.6. The first-order chi connectivity index (χ1) is 13.4. The second-order valence-corrected chi connectivity index (χ2v) is 8.44. The predicted molar refractivity (Wildman–Crippen MR) is 97.5 cm³/mol. The number of aliphatic hydroxyl groups is 1. The summed E-state index contributed by atoms with van der Waals surface area (Å²) in [5.74, 6) is -1.14. The topological polar surface area (TPSA) is 93.1 Å². The highest BCUT2D eigenvalue weighted by molar-refractivity contribution is 5.89. The largest absolute Gasteiger partial charge is 0.469 e. The van der Waals surface area contributed by atoms with Gasteiger partial charge in [-0.1, -0.05) is 12.1 Å². The monoisotopic (exact) mass is 385 g/mol. The summed E-state index contributed by atoms with van der Waals surface area (Å²) in [7, 11) is 1.37.